The summed E-state index contributed by atoms with van der Waals surface area (Å²) >= 11 is 1.31. The first kappa shape index (κ1) is 18.0. The second-order valence-electron chi connectivity index (χ2n) is 4.90. The summed E-state index contributed by atoms with van der Waals surface area (Å²) in [6, 6.07) is 11.8. The highest BCUT2D eigenvalue weighted by molar-refractivity contribution is 7.10. The van der Waals surface area contributed by atoms with Crippen molar-refractivity contribution in [2.45, 2.75) is 25.7 Å². The lowest BCUT2D eigenvalue weighted by atomic mass is 10.1. The molecule has 0 bridgehead atoms. The van der Waals surface area contributed by atoms with Gasteiger partial charge >= 0.3 is 12.1 Å². The van der Waals surface area contributed by atoms with E-state index in [0.29, 0.717) is 4.88 Å². The van der Waals surface area contributed by atoms with E-state index < -0.39 is 24.2 Å². The van der Waals surface area contributed by atoms with Gasteiger partial charge in [0.15, 0.2) is 6.10 Å². The molecule has 0 unspecified atom stereocenters. The Balaban J connectivity index is 1.99. The van der Waals surface area contributed by atoms with Crippen molar-refractivity contribution < 1.29 is 24.2 Å². The fourth-order valence-corrected chi connectivity index (χ4v) is 2.84. The highest BCUT2D eigenvalue weighted by Gasteiger charge is 2.31. The first-order chi connectivity index (χ1) is 11.6. The zero-order valence-corrected chi connectivity index (χ0v) is 14.0. The van der Waals surface area contributed by atoms with Gasteiger partial charge in [-0.15, -0.1) is 11.3 Å². The molecule has 1 aromatic carbocycles. The van der Waals surface area contributed by atoms with Crippen LogP contribution in [0.4, 0.5) is 4.79 Å². The van der Waals surface area contributed by atoms with Gasteiger partial charge in [0.1, 0.15) is 12.6 Å². The molecule has 0 aliphatic heterocycles. The number of nitrogens with one attached hydrogen (secondary N) is 1. The number of hydrogen-bond donors (Lipinski definition) is 2. The SMILES string of the molecule is CCOC(=O)[C@H](O)[C@@H](NC(=O)OCc1ccccc1)c1cccs1. The first-order valence-corrected chi connectivity index (χ1v) is 8.35. The second kappa shape index (κ2) is 9.05. The predicted octanol–water partition coefficient (Wildman–Crippen LogP) is 2.64. The van der Waals surface area contributed by atoms with Crippen molar-refractivity contribution in [2.75, 3.05) is 6.61 Å². The van der Waals surface area contributed by atoms with Crippen LogP contribution in [-0.4, -0.2) is 29.9 Å². The molecule has 2 aromatic rings. The molecule has 0 spiro atoms. The number of carbonyl (C=O) groups is 2. The molecule has 2 rings (SSSR count). The summed E-state index contributed by atoms with van der Waals surface area (Å²) in [6.07, 6.45) is -2.23. The van der Waals surface area contributed by atoms with Crippen LogP contribution < -0.4 is 5.32 Å². The Labute approximate surface area is 144 Å². The Morgan fingerprint density at radius 1 is 1.17 bits per heavy atom. The van der Waals surface area contributed by atoms with E-state index in [2.05, 4.69) is 5.32 Å². The smallest absolute Gasteiger partial charge is 0.408 e. The number of aliphatic hydroxyl groups is 1. The summed E-state index contributed by atoms with van der Waals surface area (Å²) in [5, 5.41) is 14.5. The molecular formula is C17H19NO5S. The lowest BCUT2D eigenvalue weighted by Crippen LogP contribution is -2.41. The summed E-state index contributed by atoms with van der Waals surface area (Å²) in [4.78, 5) is 24.4. The van der Waals surface area contributed by atoms with Crippen LogP contribution in [0.5, 0.6) is 0 Å². The Hall–Kier alpha value is -2.38. The van der Waals surface area contributed by atoms with Crippen molar-refractivity contribution >= 4 is 23.4 Å². The number of rotatable bonds is 7. The number of carbonyl (C=O) groups excluding carboxylic acids is 2. The third kappa shape index (κ3) is 5.07. The van der Waals surface area contributed by atoms with Crippen molar-refractivity contribution in [1.82, 2.24) is 5.32 Å². The molecule has 2 atom stereocenters. The Kier molecular flexibility index (Phi) is 6.77. The van der Waals surface area contributed by atoms with Crippen LogP contribution in [0.15, 0.2) is 47.8 Å². The molecule has 2 N–H and O–H groups in total. The van der Waals surface area contributed by atoms with E-state index in [4.69, 9.17) is 9.47 Å². The number of alkyl carbamates (subject to hydrolysis) is 1. The zero-order valence-electron chi connectivity index (χ0n) is 13.2. The lowest BCUT2D eigenvalue weighted by Gasteiger charge is -2.21. The van der Waals surface area contributed by atoms with E-state index in [-0.39, 0.29) is 13.2 Å². The third-order valence-corrected chi connectivity index (χ3v) is 4.14. The van der Waals surface area contributed by atoms with Crippen molar-refractivity contribution in [3.05, 3.63) is 58.3 Å². The third-order valence-electron chi connectivity index (χ3n) is 3.18. The fraction of sp³-hybridized carbons (Fsp3) is 0.294. The second-order valence-corrected chi connectivity index (χ2v) is 5.88. The number of thiophene rings is 1. The van der Waals surface area contributed by atoms with Crippen LogP contribution in [0, 0.1) is 0 Å². The van der Waals surface area contributed by atoms with E-state index in [1.54, 1.807) is 24.4 Å². The molecule has 1 amide bonds. The molecule has 128 valence electrons. The van der Waals surface area contributed by atoms with Crippen LogP contribution in [0.25, 0.3) is 0 Å². The van der Waals surface area contributed by atoms with Crippen LogP contribution in [0.1, 0.15) is 23.4 Å². The average molecular weight is 349 g/mol. The molecule has 0 aliphatic carbocycles. The number of aliphatic hydroxyl groups excluding tert-OH is 1. The molecule has 1 heterocycles. The fourth-order valence-electron chi connectivity index (χ4n) is 2.03. The minimum absolute atomic E-state index is 0.0966. The molecule has 0 fully saturated rings. The van der Waals surface area contributed by atoms with E-state index in [9.17, 15) is 14.7 Å². The Morgan fingerprint density at radius 2 is 1.92 bits per heavy atom. The molecule has 0 aliphatic rings. The topological polar surface area (TPSA) is 84.9 Å². The normalized spacial score (nSPS) is 12.9. The molecule has 1 aromatic heterocycles. The summed E-state index contributed by atoms with van der Waals surface area (Å²) in [6.45, 7) is 1.89. The van der Waals surface area contributed by atoms with Gasteiger partial charge in [-0.25, -0.2) is 9.59 Å². The summed E-state index contributed by atoms with van der Waals surface area (Å²) in [5.74, 6) is -0.792. The van der Waals surface area contributed by atoms with Gasteiger partial charge in [-0.1, -0.05) is 36.4 Å². The van der Waals surface area contributed by atoms with Gasteiger partial charge in [0, 0.05) is 4.88 Å². The molecule has 0 radical (unpaired) electrons. The van der Waals surface area contributed by atoms with Gasteiger partial charge in [-0.05, 0) is 23.9 Å². The number of hydrogen-bond acceptors (Lipinski definition) is 6. The largest absolute Gasteiger partial charge is 0.464 e. The van der Waals surface area contributed by atoms with Gasteiger partial charge in [0.25, 0.3) is 0 Å². The average Bonchev–Trinajstić information content (AvgIpc) is 3.12. The summed E-state index contributed by atoms with van der Waals surface area (Å²) < 4.78 is 9.95. The van der Waals surface area contributed by atoms with Crippen LogP contribution in [0.3, 0.4) is 0 Å². The summed E-state index contributed by atoms with van der Waals surface area (Å²) in [7, 11) is 0. The van der Waals surface area contributed by atoms with Gasteiger partial charge in [0.05, 0.1) is 6.61 Å². The maximum Gasteiger partial charge on any atom is 0.408 e. The van der Waals surface area contributed by atoms with Crippen molar-refractivity contribution in [2.24, 2.45) is 0 Å². The van der Waals surface area contributed by atoms with Gasteiger partial charge < -0.3 is 19.9 Å². The standard InChI is InChI=1S/C17H19NO5S/c1-2-22-16(20)15(19)14(13-9-6-10-24-13)18-17(21)23-11-12-7-4-3-5-8-12/h3-10,14-15,19H,2,11H2,1H3,(H,18,21)/t14-,15+/m0/s1. The minimum Gasteiger partial charge on any atom is -0.464 e. The highest BCUT2D eigenvalue weighted by atomic mass is 32.1. The zero-order chi connectivity index (χ0) is 17.4. The molecule has 6 nitrogen and oxygen atoms in total. The molecule has 7 heteroatoms. The van der Waals surface area contributed by atoms with E-state index in [0.717, 1.165) is 5.56 Å². The number of amides is 1. The molecule has 0 saturated heterocycles. The summed E-state index contributed by atoms with van der Waals surface area (Å²) in [5.41, 5.74) is 0.839. The van der Waals surface area contributed by atoms with Gasteiger partial charge in [-0.3, -0.25) is 0 Å². The van der Waals surface area contributed by atoms with Crippen molar-refractivity contribution in [1.29, 1.82) is 0 Å². The monoisotopic (exact) mass is 349 g/mol. The van der Waals surface area contributed by atoms with Crippen molar-refractivity contribution in [3.63, 3.8) is 0 Å². The lowest BCUT2D eigenvalue weighted by molar-refractivity contribution is -0.154. The maximum atomic E-state index is 12.0. The molecule has 0 saturated carbocycles. The van der Waals surface area contributed by atoms with Gasteiger partial charge in [-0.2, -0.15) is 0 Å². The Bertz CT molecular complexity index is 644. The number of esters is 1. The quantitative estimate of drug-likeness (QED) is 0.751. The Morgan fingerprint density at radius 3 is 2.54 bits per heavy atom. The molecule has 24 heavy (non-hydrogen) atoms. The maximum absolute atomic E-state index is 12.0. The van der Waals surface area contributed by atoms with E-state index in [1.165, 1.54) is 11.3 Å². The number of ether oxygens (including phenoxy) is 2. The van der Waals surface area contributed by atoms with Crippen LogP contribution >= 0.6 is 11.3 Å². The van der Waals surface area contributed by atoms with Crippen LogP contribution in [-0.2, 0) is 20.9 Å². The minimum atomic E-state index is -1.51. The van der Waals surface area contributed by atoms with E-state index in [1.807, 2.05) is 30.3 Å². The van der Waals surface area contributed by atoms with E-state index >= 15 is 0 Å². The van der Waals surface area contributed by atoms with Crippen LogP contribution in [0.2, 0.25) is 0 Å². The van der Waals surface area contributed by atoms with Crippen molar-refractivity contribution in [3.8, 4) is 0 Å². The first-order valence-electron chi connectivity index (χ1n) is 7.47. The predicted molar refractivity (Wildman–Crippen MR) is 89.5 cm³/mol. The number of benzene rings is 1. The van der Waals surface area contributed by atoms with Gasteiger partial charge in [0.2, 0.25) is 0 Å². The molecular weight excluding hydrogens is 330 g/mol. The highest BCUT2D eigenvalue weighted by Crippen LogP contribution is 2.23.